The molecule has 3 rings (SSSR count). The van der Waals surface area contributed by atoms with Crippen LogP contribution in [0.5, 0.6) is 0 Å². The molecule has 0 saturated heterocycles. The average molecular weight is 426 g/mol. The molecule has 0 unspecified atom stereocenters. The summed E-state index contributed by atoms with van der Waals surface area (Å²) in [6.45, 7) is 4.51. The van der Waals surface area contributed by atoms with Crippen LogP contribution in [0.4, 0.5) is 13.2 Å². The van der Waals surface area contributed by atoms with Crippen molar-refractivity contribution in [3.05, 3.63) is 99.9 Å². The molecule has 0 radical (unpaired) electrons. The number of nitrogens with one attached hydrogen (secondary N) is 1. The largest absolute Gasteiger partial charge is 0.416 e. The van der Waals surface area contributed by atoms with Gasteiger partial charge < -0.3 is 5.32 Å². The lowest BCUT2D eigenvalue weighted by Gasteiger charge is -2.14. The second kappa shape index (κ2) is 9.77. The molecule has 0 aliphatic rings. The van der Waals surface area contributed by atoms with E-state index in [9.17, 15) is 18.0 Å². The van der Waals surface area contributed by atoms with E-state index in [-0.39, 0.29) is 17.9 Å². The number of hydrogen-bond acceptors (Lipinski definition) is 2. The van der Waals surface area contributed by atoms with Crippen molar-refractivity contribution in [3.8, 4) is 0 Å². The van der Waals surface area contributed by atoms with Crippen LogP contribution < -0.4 is 5.32 Å². The summed E-state index contributed by atoms with van der Waals surface area (Å²) in [5, 5.41) is 2.89. The SMILES string of the molecule is CCCNC(=O)c1cccc(Cc2cc(Cc3ccccc3C(F)(F)F)ccn2)c1C. The molecule has 2 aromatic carbocycles. The molecule has 31 heavy (non-hydrogen) atoms. The molecule has 6 heteroatoms. The van der Waals surface area contributed by atoms with Gasteiger partial charge in [0, 0.05) is 30.4 Å². The number of halogens is 3. The molecule has 0 saturated carbocycles. The lowest BCUT2D eigenvalue weighted by molar-refractivity contribution is -0.138. The van der Waals surface area contributed by atoms with Crippen molar-refractivity contribution in [2.75, 3.05) is 6.54 Å². The van der Waals surface area contributed by atoms with Gasteiger partial charge in [-0.1, -0.05) is 37.3 Å². The maximum absolute atomic E-state index is 13.3. The van der Waals surface area contributed by atoms with Crippen LogP contribution in [0.25, 0.3) is 0 Å². The van der Waals surface area contributed by atoms with Crippen LogP contribution in [-0.4, -0.2) is 17.4 Å². The minimum Gasteiger partial charge on any atom is -0.352 e. The highest BCUT2D eigenvalue weighted by molar-refractivity contribution is 5.95. The summed E-state index contributed by atoms with van der Waals surface area (Å²) in [7, 11) is 0. The third kappa shape index (κ3) is 5.72. The van der Waals surface area contributed by atoms with Crippen LogP contribution in [0.1, 0.15) is 57.2 Å². The van der Waals surface area contributed by atoms with Gasteiger partial charge in [0.05, 0.1) is 5.56 Å². The molecule has 0 bridgehead atoms. The van der Waals surface area contributed by atoms with Gasteiger partial charge in [-0.05, 0) is 66.3 Å². The van der Waals surface area contributed by atoms with Gasteiger partial charge in [-0.2, -0.15) is 13.2 Å². The molecule has 1 aromatic heterocycles. The number of hydrogen-bond donors (Lipinski definition) is 1. The maximum atomic E-state index is 13.3. The second-order valence-corrected chi connectivity index (χ2v) is 7.51. The van der Waals surface area contributed by atoms with Gasteiger partial charge in [0.25, 0.3) is 5.91 Å². The predicted molar refractivity (Wildman–Crippen MR) is 115 cm³/mol. The number of alkyl halides is 3. The van der Waals surface area contributed by atoms with E-state index < -0.39 is 11.7 Å². The molecule has 0 aliphatic carbocycles. The van der Waals surface area contributed by atoms with Crippen LogP contribution in [0.2, 0.25) is 0 Å². The van der Waals surface area contributed by atoms with Gasteiger partial charge >= 0.3 is 6.18 Å². The summed E-state index contributed by atoms with van der Waals surface area (Å²) in [6.07, 6.45) is -1.24. The number of carbonyl (C=O) groups is 1. The smallest absolute Gasteiger partial charge is 0.352 e. The van der Waals surface area contributed by atoms with Crippen LogP contribution >= 0.6 is 0 Å². The number of rotatable bonds is 7. The zero-order valence-corrected chi connectivity index (χ0v) is 17.6. The first-order valence-corrected chi connectivity index (χ1v) is 10.2. The summed E-state index contributed by atoms with van der Waals surface area (Å²) in [4.78, 5) is 16.8. The number of amides is 1. The Morgan fingerprint density at radius 3 is 2.48 bits per heavy atom. The molecular formula is C25H25F3N2O. The third-order valence-corrected chi connectivity index (χ3v) is 5.20. The van der Waals surface area contributed by atoms with Crippen molar-refractivity contribution in [2.24, 2.45) is 0 Å². The molecule has 0 spiro atoms. The van der Waals surface area contributed by atoms with Crippen molar-refractivity contribution in [2.45, 2.75) is 39.3 Å². The zero-order chi connectivity index (χ0) is 22.4. The average Bonchev–Trinajstić information content (AvgIpc) is 2.73. The molecule has 0 aliphatic heterocycles. The zero-order valence-electron chi connectivity index (χ0n) is 17.6. The fraction of sp³-hybridized carbons (Fsp3) is 0.280. The van der Waals surface area contributed by atoms with E-state index in [0.29, 0.717) is 18.5 Å². The van der Waals surface area contributed by atoms with Gasteiger partial charge in [0.1, 0.15) is 0 Å². The third-order valence-electron chi connectivity index (χ3n) is 5.20. The Hall–Kier alpha value is -3.15. The Bertz CT molecular complexity index is 1060. The Balaban J connectivity index is 1.82. The van der Waals surface area contributed by atoms with Crippen LogP contribution in [-0.2, 0) is 19.0 Å². The van der Waals surface area contributed by atoms with E-state index in [1.54, 1.807) is 24.4 Å². The molecule has 1 N–H and O–H groups in total. The van der Waals surface area contributed by atoms with Crippen LogP contribution in [0, 0.1) is 6.92 Å². The molecular weight excluding hydrogens is 401 g/mol. The van der Waals surface area contributed by atoms with Crippen molar-refractivity contribution in [1.82, 2.24) is 10.3 Å². The molecule has 1 heterocycles. The Morgan fingerprint density at radius 2 is 1.74 bits per heavy atom. The summed E-state index contributed by atoms with van der Waals surface area (Å²) in [6, 6.07) is 14.8. The highest BCUT2D eigenvalue weighted by Crippen LogP contribution is 2.32. The molecule has 3 aromatic rings. The standard InChI is InChI=1S/C25H25F3N2O/c1-3-12-30-24(31)22-9-6-8-19(17(22)2)16-21-15-18(11-13-29-21)14-20-7-4-5-10-23(20)25(26,27)28/h4-11,13,15H,3,12,14,16H2,1-2H3,(H,30,31). The maximum Gasteiger partial charge on any atom is 0.416 e. The molecule has 162 valence electrons. The second-order valence-electron chi connectivity index (χ2n) is 7.51. The first kappa shape index (κ1) is 22.5. The van der Waals surface area contributed by atoms with Gasteiger partial charge in [0.2, 0.25) is 0 Å². The van der Waals surface area contributed by atoms with Gasteiger partial charge in [-0.3, -0.25) is 9.78 Å². The van der Waals surface area contributed by atoms with E-state index in [1.165, 1.54) is 12.1 Å². The van der Waals surface area contributed by atoms with Crippen molar-refractivity contribution in [3.63, 3.8) is 0 Å². The van der Waals surface area contributed by atoms with E-state index >= 15 is 0 Å². The lowest BCUT2D eigenvalue weighted by Crippen LogP contribution is -2.25. The first-order chi connectivity index (χ1) is 14.8. The Morgan fingerprint density at radius 1 is 1.00 bits per heavy atom. The lowest BCUT2D eigenvalue weighted by atomic mass is 9.96. The molecule has 3 nitrogen and oxygen atoms in total. The monoisotopic (exact) mass is 426 g/mol. The van der Waals surface area contributed by atoms with Crippen LogP contribution in [0.15, 0.2) is 60.8 Å². The van der Waals surface area contributed by atoms with Crippen molar-refractivity contribution in [1.29, 1.82) is 0 Å². The minimum atomic E-state index is -4.39. The Labute approximate surface area is 180 Å². The topological polar surface area (TPSA) is 42.0 Å². The summed E-state index contributed by atoms with van der Waals surface area (Å²) >= 11 is 0. The number of nitrogens with zero attached hydrogens (tertiary/aromatic N) is 1. The predicted octanol–water partition coefficient (Wildman–Crippen LogP) is 5.73. The van der Waals surface area contributed by atoms with Crippen molar-refractivity contribution < 1.29 is 18.0 Å². The number of benzene rings is 2. The van der Waals surface area contributed by atoms with Gasteiger partial charge in [0.15, 0.2) is 0 Å². The molecule has 0 fully saturated rings. The molecule has 0 atom stereocenters. The highest BCUT2D eigenvalue weighted by atomic mass is 19.4. The van der Waals surface area contributed by atoms with Crippen molar-refractivity contribution >= 4 is 5.91 Å². The van der Waals surface area contributed by atoms with E-state index in [1.807, 2.05) is 32.0 Å². The minimum absolute atomic E-state index is 0.105. The first-order valence-electron chi connectivity index (χ1n) is 10.2. The fourth-order valence-electron chi connectivity index (χ4n) is 3.56. The number of aromatic nitrogens is 1. The van der Waals surface area contributed by atoms with E-state index in [0.717, 1.165) is 34.9 Å². The van der Waals surface area contributed by atoms with Gasteiger partial charge in [-0.15, -0.1) is 0 Å². The fourth-order valence-corrected chi connectivity index (χ4v) is 3.56. The number of carbonyl (C=O) groups excluding carboxylic acids is 1. The van der Waals surface area contributed by atoms with Gasteiger partial charge in [-0.25, -0.2) is 0 Å². The van der Waals surface area contributed by atoms with E-state index in [4.69, 9.17) is 0 Å². The quantitative estimate of drug-likeness (QED) is 0.524. The van der Waals surface area contributed by atoms with E-state index in [2.05, 4.69) is 10.3 Å². The highest BCUT2D eigenvalue weighted by Gasteiger charge is 2.32. The summed E-state index contributed by atoms with van der Waals surface area (Å²) < 4.78 is 39.9. The normalized spacial score (nSPS) is 11.4. The Kier molecular flexibility index (Phi) is 7.10. The molecule has 1 amide bonds. The summed E-state index contributed by atoms with van der Waals surface area (Å²) in [5.41, 5.74) is 3.59. The van der Waals surface area contributed by atoms with Crippen LogP contribution in [0.3, 0.4) is 0 Å². The summed E-state index contributed by atoms with van der Waals surface area (Å²) in [5.74, 6) is -0.105. The number of pyridine rings is 1.